The minimum atomic E-state index is 0.411. The van der Waals surface area contributed by atoms with E-state index in [9.17, 15) is 0 Å². The molecule has 3 N–H and O–H groups in total. The molecule has 5 heteroatoms. The molecule has 0 saturated carbocycles. The van der Waals surface area contributed by atoms with Gasteiger partial charge in [-0.2, -0.15) is 0 Å². The van der Waals surface area contributed by atoms with Crippen LogP contribution in [0.4, 0.5) is 17.2 Å². The summed E-state index contributed by atoms with van der Waals surface area (Å²) in [5, 5.41) is 3.58. The number of aryl methyl sites for hydroxylation is 1. The molecule has 0 spiro atoms. The Balaban J connectivity index is 2.37. The first-order valence-corrected chi connectivity index (χ1v) is 6.18. The molecule has 3 nitrogen and oxygen atoms in total. The van der Waals surface area contributed by atoms with Gasteiger partial charge in [0.2, 0.25) is 0 Å². The van der Waals surface area contributed by atoms with Gasteiger partial charge in [0.1, 0.15) is 5.15 Å². The summed E-state index contributed by atoms with van der Waals surface area (Å²) in [6, 6.07) is 9.35. The number of nitrogens with one attached hydrogen (secondary N) is 1. The third-order valence-electron chi connectivity index (χ3n) is 2.35. The summed E-state index contributed by atoms with van der Waals surface area (Å²) in [6.07, 6.45) is 0. The van der Waals surface area contributed by atoms with Gasteiger partial charge in [-0.1, -0.05) is 33.6 Å². The molecule has 0 atom stereocenters. The standard InChI is InChI=1S/C12H11BrClN3/c1-7-2-3-8(13)6-10(7)16-12-9(15)4-5-11(14)17-12/h2-6H,15H2,1H3,(H,16,17). The number of pyridine rings is 1. The average Bonchev–Trinajstić information content (AvgIpc) is 2.28. The summed E-state index contributed by atoms with van der Waals surface area (Å²) in [6.45, 7) is 2.01. The summed E-state index contributed by atoms with van der Waals surface area (Å²) >= 11 is 9.26. The van der Waals surface area contributed by atoms with Gasteiger partial charge in [-0.05, 0) is 36.8 Å². The number of nitrogen functional groups attached to an aromatic ring is 1. The van der Waals surface area contributed by atoms with Crippen LogP contribution in [-0.4, -0.2) is 4.98 Å². The zero-order valence-corrected chi connectivity index (χ0v) is 11.5. The van der Waals surface area contributed by atoms with Gasteiger partial charge >= 0.3 is 0 Å². The second-order valence-electron chi connectivity index (χ2n) is 3.66. The number of nitrogens with two attached hydrogens (primary N) is 1. The van der Waals surface area contributed by atoms with Gasteiger partial charge in [0.25, 0.3) is 0 Å². The van der Waals surface area contributed by atoms with Crippen molar-refractivity contribution in [2.75, 3.05) is 11.1 Å². The topological polar surface area (TPSA) is 50.9 Å². The summed E-state index contributed by atoms with van der Waals surface area (Å²) < 4.78 is 0.992. The molecule has 0 bridgehead atoms. The van der Waals surface area contributed by atoms with Gasteiger partial charge in [0, 0.05) is 10.2 Å². The molecule has 1 heterocycles. The molecule has 1 aromatic carbocycles. The zero-order valence-electron chi connectivity index (χ0n) is 9.17. The number of nitrogens with zero attached hydrogens (tertiary/aromatic N) is 1. The second-order valence-corrected chi connectivity index (χ2v) is 4.96. The molecule has 0 radical (unpaired) electrons. The van der Waals surface area contributed by atoms with E-state index in [1.807, 2.05) is 25.1 Å². The van der Waals surface area contributed by atoms with E-state index in [1.54, 1.807) is 12.1 Å². The van der Waals surface area contributed by atoms with Crippen LogP contribution in [0.5, 0.6) is 0 Å². The Bertz CT molecular complexity index is 508. The number of benzene rings is 1. The van der Waals surface area contributed by atoms with Crippen LogP contribution >= 0.6 is 27.5 Å². The molecule has 17 heavy (non-hydrogen) atoms. The normalized spacial score (nSPS) is 10.3. The molecule has 0 aliphatic heterocycles. The van der Waals surface area contributed by atoms with Crippen LogP contribution in [-0.2, 0) is 0 Å². The Kier molecular flexibility index (Phi) is 3.54. The summed E-state index contributed by atoms with van der Waals surface area (Å²) in [7, 11) is 0. The van der Waals surface area contributed by atoms with Crippen molar-refractivity contribution in [2.24, 2.45) is 0 Å². The average molecular weight is 313 g/mol. The van der Waals surface area contributed by atoms with Crippen molar-refractivity contribution in [1.29, 1.82) is 0 Å². The lowest BCUT2D eigenvalue weighted by molar-refractivity contribution is 1.30. The van der Waals surface area contributed by atoms with Gasteiger partial charge in [-0.25, -0.2) is 4.98 Å². The van der Waals surface area contributed by atoms with Gasteiger partial charge in [0.05, 0.1) is 5.69 Å². The van der Waals surface area contributed by atoms with E-state index in [1.165, 1.54) is 0 Å². The predicted molar refractivity (Wildman–Crippen MR) is 75.8 cm³/mol. The molecule has 88 valence electrons. The molecule has 2 aromatic rings. The van der Waals surface area contributed by atoms with E-state index >= 15 is 0 Å². The van der Waals surface area contributed by atoms with E-state index in [0.717, 1.165) is 15.7 Å². The lowest BCUT2D eigenvalue weighted by atomic mass is 10.2. The van der Waals surface area contributed by atoms with E-state index < -0.39 is 0 Å². The highest BCUT2D eigenvalue weighted by Gasteiger charge is 2.05. The zero-order chi connectivity index (χ0) is 12.4. The Morgan fingerprint density at radius 1 is 1.29 bits per heavy atom. The van der Waals surface area contributed by atoms with Crippen LogP contribution in [0.1, 0.15) is 5.56 Å². The van der Waals surface area contributed by atoms with Crippen LogP contribution < -0.4 is 11.1 Å². The van der Waals surface area contributed by atoms with E-state index in [0.29, 0.717) is 16.7 Å². The highest BCUT2D eigenvalue weighted by Crippen LogP contribution is 2.27. The van der Waals surface area contributed by atoms with Crippen molar-refractivity contribution in [3.05, 3.63) is 45.5 Å². The van der Waals surface area contributed by atoms with Crippen LogP contribution in [0.3, 0.4) is 0 Å². The fourth-order valence-corrected chi connectivity index (χ4v) is 1.91. The maximum absolute atomic E-state index is 5.84. The first-order valence-electron chi connectivity index (χ1n) is 5.01. The maximum atomic E-state index is 5.84. The van der Waals surface area contributed by atoms with Crippen molar-refractivity contribution in [1.82, 2.24) is 4.98 Å². The van der Waals surface area contributed by atoms with Crippen LogP contribution in [0.25, 0.3) is 0 Å². The molecular formula is C12H11BrClN3. The molecule has 2 rings (SSSR count). The smallest absolute Gasteiger partial charge is 0.155 e. The second kappa shape index (κ2) is 4.94. The molecular weight excluding hydrogens is 302 g/mol. The fourth-order valence-electron chi connectivity index (χ4n) is 1.40. The third kappa shape index (κ3) is 2.90. The molecule has 0 aliphatic rings. The van der Waals surface area contributed by atoms with Gasteiger partial charge in [-0.15, -0.1) is 0 Å². The number of aromatic nitrogens is 1. The van der Waals surface area contributed by atoms with Crippen LogP contribution in [0, 0.1) is 6.92 Å². The monoisotopic (exact) mass is 311 g/mol. The molecule has 0 unspecified atom stereocenters. The minimum absolute atomic E-state index is 0.411. The Labute approximate surface area is 113 Å². The van der Waals surface area contributed by atoms with Crippen LogP contribution in [0.15, 0.2) is 34.8 Å². The Hall–Kier alpha value is -1.26. The predicted octanol–water partition coefficient (Wildman–Crippen LogP) is 4.13. The highest BCUT2D eigenvalue weighted by atomic mass is 79.9. The third-order valence-corrected chi connectivity index (χ3v) is 3.05. The SMILES string of the molecule is Cc1ccc(Br)cc1Nc1nc(Cl)ccc1N. The van der Waals surface area contributed by atoms with Crippen molar-refractivity contribution in [3.63, 3.8) is 0 Å². The number of halogens is 2. The number of hydrogen-bond acceptors (Lipinski definition) is 3. The quantitative estimate of drug-likeness (QED) is 0.820. The van der Waals surface area contributed by atoms with E-state index in [2.05, 4.69) is 26.2 Å². The summed E-state index contributed by atoms with van der Waals surface area (Å²) in [4.78, 5) is 4.15. The van der Waals surface area contributed by atoms with Crippen LogP contribution in [0.2, 0.25) is 5.15 Å². The summed E-state index contributed by atoms with van der Waals surface area (Å²) in [5.74, 6) is 0.568. The first kappa shape index (κ1) is 12.2. The van der Waals surface area contributed by atoms with Gasteiger partial charge in [0.15, 0.2) is 5.82 Å². The maximum Gasteiger partial charge on any atom is 0.155 e. The molecule has 0 saturated heterocycles. The molecule has 0 aliphatic carbocycles. The van der Waals surface area contributed by atoms with Crippen molar-refractivity contribution in [2.45, 2.75) is 6.92 Å². The molecule has 0 fully saturated rings. The number of anilines is 3. The van der Waals surface area contributed by atoms with E-state index in [-0.39, 0.29) is 0 Å². The molecule has 1 aromatic heterocycles. The minimum Gasteiger partial charge on any atom is -0.396 e. The van der Waals surface area contributed by atoms with Gasteiger partial charge < -0.3 is 11.1 Å². The van der Waals surface area contributed by atoms with Crippen molar-refractivity contribution in [3.8, 4) is 0 Å². The van der Waals surface area contributed by atoms with Crippen molar-refractivity contribution >= 4 is 44.7 Å². The Morgan fingerprint density at radius 2 is 2.06 bits per heavy atom. The first-order chi connectivity index (χ1) is 8.06. The number of hydrogen-bond donors (Lipinski definition) is 2. The van der Waals surface area contributed by atoms with Crippen molar-refractivity contribution < 1.29 is 0 Å². The Morgan fingerprint density at radius 3 is 2.82 bits per heavy atom. The fraction of sp³-hybridized carbons (Fsp3) is 0.0833. The largest absolute Gasteiger partial charge is 0.396 e. The number of rotatable bonds is 2. The van der Waals surface area contributed by atoms with Gasteiger partial charge in [-0.3, -0.25) is 0 Å². The highest BCUT2D eigenvalue weighted by molar-refractivity contribution is 9.10. The van der Waals surface area contributed by atoms with E-state index in [4.69, 9.17) is 17.3 Å². The lowest BCUT2D eigenvalue weighted by Crippen LogP contribution is -2.00. The molecule has 0 amide bonds. The summed E-state index contributed by atoms with van der Waals surface area (Å²) in [5.41, 5.74) is 8.44. The lowest BCUT2D eigenvalue weighted by Gasteiger charge is -2.11.